The van der Waals surface area contributed by atoms with E-state index in [1.54, 1.807) is 24.3 Å². The number of nitrogens with one attached hydrogen (secondary N) is 3. The maximum absolute atomic E-state index is 13.2. The second-order valence-electron chi connectivity index (χ2n) is 8.28. The zero-order chi connectivity index (χ0) is 26.0. The van der Waals surface area contributed by atoms with E-state index >= 15 is 0 Å². The molecule has 5 rings (SSSR count). The fourth-order valence-electron chi connectivity index (χ4n) is 3.74. The molecular weight excluding hydrogens is 494 g/mol. The van der Waals surface area contributed by atoms with Crippen LogP contribution in [-0.4, -0.2) is 30.9 Å². The molecule has 0 aliphatic heterocycles. The summed E-state index contributed by atoms with van der Waals surface area (Å²) in [4.78, 5) is 0.0187. The van der Waals surface area contributed by atoms with E-state index in [9.17, 15) is 8.42 Å². The van der Waals surface area contributed by atoms with Crippen LogP contribution < -0.4 is 19.5 Å². The molecular formula is C26H25N5O5S. The predicted octanol–water partition coefficient (Wildman–Crippen LogP) is 5.77. The lowest BCUT2D eigenvalue weighted by Gasteiger charge is -2.11. The van der Waals surface area contributed by atoms with Gasteiger partial charge in [0.2, 0.25) is 0 Å². The quantitative estimate of drug-likeness (QED) is 0.224. The van der Waals surface area contributed by atoms with Gasteiger partial charge in [0.25, 0.3) is 10.0 Å². The molecule has 0 fully saturated rings. The van der Waals surface area contributed by atoms with Crippen LogP contribution in [0.5, 0.6) is 17.2 Å². The second kappa shape index (κ2) is 9.86. The van der Waals surface area contributed by atoms with Gasteiger partial charge in [-0.1, -0.05) is 36.3 Å². The minimum Gasteiger partial charge on any atom is -0.495 e. The first-order valence-electron chi connectivity index (χ1n) is 11.5. The van der Waals surface area contributed by atoms with Crippen LogP contribution in [0.15, 0.2) is 76.1 Å². The molecule has 0 aliphatic rings. The predicted molar refractivity (Wildman–Crippen MR) is 140 cm³/mol. The molecule has 5 aromatic rings. The first-order valence-corrected chi connectivity index (χ1v) is 13.0. The fourth-order valence-corrected chi connectivity index (χ4v) is 4.79. The number of anilines is 3. The number of para-hydroxylation sites is 1. The molecule has 2 aromatic heterocycles. The van der Waals surface area contributed by atoms with Crippen molar-refractivity contribution < 1.29 is 22.4 Å². The Balaban J connectivity index is 1.41. The van der Waals surface area contributed by atoms with E-state index in [4.69, 9.17) is 14.0 Å². The summed E-state index contributed by atoms with van der Waals surface area (Å²) in [5, 5.41) is 14.7. The summed E-state index contributed by atoms with van der Waals surface area (Å²) >= 11 is 0. The van der Waals surface area contributed by atoms with Crippen molar-refractivity contribution >= 4 is 38.3 Å². The third-order valence-corrected chi connectivity index (χ3v) is 7.07. The number of benzene rings is 3. The highest BCUT2D eigenvalue weighted by Crippen LogP contribution is 2.36. The number of fused-ring (bicyclic) bond motifs is 1. The molecule has 2 heterocycles. The Labute approximate surface area is 213 Å². The molecule has 0 unspecified atom stereocenters. The second-order valence-corrected chi connectivity index (χ2v) is 9.97. The largest absolute Gasteiger partial charge is 0.495 e. The molecule has 0 atom stereocenters. The third-order valence-electron chi connectivity index (χ3n) is 5.73. The van der Waals surface area contributed by atoms with Gasteiger partial charge in [0, 0.05) is 23.9 Å². The van der Waals surface area contributed by atoms with Crippen LogP contribution in [0.25, 0.3) is 11.0 Å². The highest BCUT2D eigenvalue weighted by molar-refractivity contribution is 7.92. The van der Waals surface area contributed by atoms with Gasteiger partial charge in [0.15, 0.2) is 17.2 Å². The number of sulfonamides is 1. The molecule has 3 N–H and O–H groups in total. The van der Waals surface area contributed by atoms with Crippen molar-refractivity contribution in [3.05, 3.63) is 78.0 Å². The zero-order valence-electron chi connectivity index (χ0n) is 20.4. The van der Waals surface area contributed by atoms with Crippen molar-refractivity contribution in [2.75, 3.05) is 17.1 Å². The maximum atomic E-state index is 13.2. The average molecular weight is 520 g/mol. The number of hydrogen-bond acceptors (Lipinski definition) is 8. The number of aromatic amines is 1. The summed E-state index contributed by atoms with van der Waals surface area (Å²) in [5.74, 6) is 2.15. The molecule has 190 valence electrons. The molecule has 0 saturated carbocycles. The maximum Gasteiger partial charge on any atom is 0.263 e. The van der Waals surface area contributed by atoms with Gasteiger partial charge < -0.3 is 19.3 Å². The Morgan fingerprint density at radius 2 is 1.86 bits per heavy atom. The average Bonchev–Trinajstić information content (AvgIpc) is 3.51. The number of nitrogens with zero attached hydrogens (tertiary/aromatic N) is 2. The molecule has 0 spiro atoms. The zero-order valence-corrected chi connectivity index (χ0v) is 21.2. The standard InChI is InChI=1S/C26H25N5O5S/c1-4-17-12-25(29-28-17)27-21-15-23-20(14-24(21)34-3)26(30-36-23)31-37(32,33)19-10-7-9-18(13-19)35-22-11-6-5-8-16(22)2/h5-15H,4H2,1-3H3,(H,30,31)(H2,27,28,29). The lowest BCUT2D eigenvalue weighted by atomic mass is 10.2. The van der Waals surface area contributed by atoms with Crippen LogP contribution in [0, 0.1) is 6.92 Å². The number of aromatic nitrogens is 3. The van der Waals surface area contributed by atoms with E-state index in [1.807, 2.05) is 44.2 Å². The highest BCUT2D eigenvalue weighted by Gasteiger charge is 2.21. The number of rotatable bonds is 9. The van der Waals surface area contributed by atoms with E-state index in [0.717, 1.165) is 17.7 Å². The van der Waals surface area contributed by atoms with E-state index in [2.05, 4.69) is 25.4 Å². The van der Waals surface area contributed by atoms with Crippen LogP contribution in [-0.2, 0) is 16.4 Å². The Kier molecular flexibility index (Phi) is 6.45. The molecule has 11 heteroatoms. The van der Waals surface area contributed by atoms with Crippen molar-refractivity contribution in [2.24, 2.45) is 0 Å². The fraction of sp³-hybridized carbons (Fsp3) is 0.154. The molecule has 37 heavy (non-hydrogen) atoms. The summed E-state index contributed by atoms with van der Waals surface area (Å²) in [6.07, 6.45) is 0.817. The van der Waals surface area contributed by atoms with Gasteiger partial charge in [-0.2, -0.15) is 5.10 Å². The third kappa shape index (κ3) is 5.07. The minimum absolute atomic E-state index is 0.0187. The van der Waals surface area contributed by atoms with Crippen molar-refractivity contribution in [3.63, 3.8) is 0 Å². The normalized spacial score (nSPS) is 11.4. The molecule has 0 aliphatic carbocycles. The van der Waals surface area contributed by atoms with Crippen LogP contribution >= 0.6 is 0 Å². The van der Waals surface area contributed by atoms with Gasteiger partial charge in [0.1, 0.15) is 17.2 Å². The van der Waals surface area contributed by atoms with Crippen LogP contribution in [0.4, 0.5) is 17.3 Å². The Bertz CT molecular complexity index is 1680. The number of H-pyrrole nitrogens is 1. The van der Waals surface area contributed by atoms with E-state index < -0.39 is 10.0 Å². The topological polar surface area (TPSA) is 131 Å². The van der Waals surface area contributed by atoms with Crippen LogP contribution in [0.2, 0.25) is 0 Å². The first kappa shape index (κ1) is 24.2. The molecule has 0 amide bonds. The van der Waals surface area contributed by atoms with Gasteiger partial charge >= 0.3 is 0 Å². The summed E-state index contributed by atoms with van der Waals surface area (Å²) < 4.78 is 45.8. The van der Waals surface area contributed by atoms with E-state index in [-0.39, 0.29) is 10.7 Å². The minimum atomic E-state index is -4.00. The van der Waals surface area contributed by atoms with Gasteiger partial charge in [-0.25, -0.2) is 8.42 Å². The summed E-state index contributed by atoms with van der Waals surface area (Å²) in [6, 6.07) is 19.0. The van der Waals surface area contributed by atoms with Gasteiger partial charge in [-0.3, -0.25) is 9.82 Å². The summed E-state index contributed by atoms with van der Waals surface area (Å²) in [7, 11) is -2.48. The number of methoxy groups -OCH3 is 1. The molecule has 3 aromatic carbocycles. The monoisotopic (exact) mass is 519 g/mol. The Morgan fingerprint density at radius 1 is 1.03 bits per heavy atom. The summed E-state index contributed by atoms with van der Waals surface area (Å²) in [6.45, 7) is 3.94. The van der Waals surface area contributed by atoms with Crippen molar-refractivity contribution in [1.29, 1.82) is 0 Å². The lowest BCUT2D eigenvalue weighted by Crippen LogP contribution is -2.13. The number of hydrogen-bond donors (Lipinski definition) is 3. The van der Waals surface area contributed by atoms with Gasteiger partial charge in [0.05, 0.1) is 23.1 Å². The van der Waals surface area contributed by atoms with Crippen LogP contribution in [0.3, 0.4) is 0 Å². The summed E-state index contributed by atoms with van der Waals surface area (Å²) in [5.41, 5.74) is 2.87. The van der Waals surface area contributed by atoms with E-state index in [0.29, 0.717) is 39.7 Å². The first-order chi connectivity index (χ1) is 17.9. The molecule has 0 bridgehead atoms. The molecule has 0 saturated heterocycles. The smallest absolute Gasteiger partial charge is 0.263 e. The Morgan fingerprint density at radius 3 is 2.62 bits per heavy atom. The van der Waals surface area contributed by atoms with Crippen molar-refractivity contribution in [1.82, 2.24) is 15.4 Å². The Hall–Kier alpha value is -4.51. The highest BCUT2D eigenvalue weighted by atomic mass is 32.2. The van der Waals surface area contributed by atoms with Gasteiger partial charge in [-0.15, -0.1) is 0 Å². The number of ether oxygens (including phenoxy) is 2. The van der Waals surface area contributed by atoms with Crippen LogP contribution in [0.1, 0.15) is 18.2 Å². The van der Waals surface area contributed by atoms with Gasteiger partial charge in [-0.05, 0) is 43.2 Å². The molecule has 0 radical (unpaired) electrons. The van der Waals surface area contributed by atoms with E-state index in [1.165, 1.54) is 19.2 Å². The number of aryl methyl sites for hydroxylation is 2. The molecule has 10 nitrogen and oxygen atoms in total. The van der Waals surface area contributed by atoms with Crippen molar-refractivity contribution in [2.45, 2.75) is 25.2 Å². The lowest BCUT2D eigenvalue weighted by molar-refractivity contribution is 0.417. The SMILES string of the molecule is CCc1cc(Nc2cc3onc(NS(=O)(=O)c4cccc(Oc5ccccc5C)c4)c3cc2OC)n[nH]1. The van der Waals surface area contributed by atoms with Crippen molar-refractivity contribution in [3.8, 4) is 17.2 Å².